The molecule has 6 heteroatoms. The Balaban J connectivity index is 0.00000314. The Kier molecular flexibility index (Phi) is 6.63. The summed E-state index contributed by atoms with van der Waals surface area (Å²) in [5.74, 6) is 0.811. The van der Waals surface area contributed by atoms with Gasteiger partial charge in [-0.3, -0.25) is 4.57 Å². The van der Waals surface area contributed by atoms with Crippen molar-refractivity contribution in [1.29, 1.82) is 0 Å². The average molecular weight is 796 g/mol. The molecule has 0 saturated carbocycles. The first-order chi connectivity index (χ1) is 23.3. The van der Waals surface area contributed by atoms with E-state index in [9.17, 15) is 0 Å². The molecule has 0 unspecified atom stereocenters. The van der Waals surface area contributed by atoms with Crippen LogP contribution in [0.3, 0.4) is 0 Å². The van der Waals surface area contributed by atoms with Crippen molar-refractivity contribution >= 4 is 54.8 Å². The fourth-order valence-electron chi connectivity index (χ4n) is 6.92. The quantitative estimate of drug-likeness (QED) is 0.132. The number of rotatable bonds is 4. The van der Waals surface area contributed by atoms with Crippen molar-refractivity contribution in [3.63, 3.8) is 0 Å². The van der Waals surface area contributed by atoms with Crippen LogP contribution in [0.1, 0.15) is 0 Å². The summed E-state index contributed by atoms with van der Waals surface area (Å²) >= 11 is 0. The van der Waals surface area contributed by atoms with Crippen LogP contribution in [-0.2, 0) is 21.1 Å². The molecule has 10 rings (SSSR count). The molecule has 0 atom stereocenters. The van der Waals surface area contributed by atoms with E-state index in [2.05, 4.69) is 129 Å². The number of aromatic nitrogens is 4. The number of hydrogen-bond donors (Lipinski definition) is 0. The van der Waals surface area contributed by atoms with Gasteiger partial charge in [-0.1, -0.05) is 77.6 Å². The Morgan fingerprint density at radius 3 is 2.38 bits per heavy atom. The van der Waals surface area contributed by atoms with Crippen molar-refractivity contribution in [1.82, 2.24) is 14.1 Å². The number of para-hydroxylation sites is 6. The maximum Gasteiger partial charge on any atom is 0.268 e. The maximum atomic E-state index is 6.49. The first kappa shape index (κ1) is 28.5. The number of fused-ring (bicyclic) bond motifs is 8. The van der Waals surface area contributed by atoms with Gasteiger partial charge in [0.15, 0.2) is 0 Å². The smallest absolute Gasteiger partial charge is 0.268 e. The van der Waals surface area contributed by atoms with Gasteiger partial charge in [0, 0.05) is 42.9 Å². The second-order valence-electron chi connectivity index (χ2n) is 11.6. The number of nitrogens with zero attached hydrogens (tertiary/aromatic N) is 4. The molecule has 0 N–H and O–H groups in total. The molecular weight excluding hydrogens is 772 g/mol. The summed E-state index contributed by atoms with van der Waals surface area (Å²) in [5.41, 5.74) is 9.61. The van der Waals surface area contributed by atoms with E-state index in [1.807, 2.05) is 48.5 Å². The molecule has 5 nitrogen and oxygen atoms in total. The van der Waals surface area contributed by atoms with Crippen LogP contribution >= 0.6 is 0 Å². The van der Waals surface area contributed by atoms with Crippen LogP contribution in [0.25, 0.3) is 83.2 Å². The molecule has 0 bridgehead atoms. The van der Waals surface area contributed by atoms with E-state index in [4.69, 9.17) is 9.40 Å². The van der Waals surface area contributed by atoms with Gasteiger partial charge in [-0.05, 0) is 47.5 Å². The Morgan fingerprint density at radius 1 is 0.625 bits per heavy atom. The second kappa shape index (κ2) is 11.2. The molecule has 4 heterocycles. The van der Waals surface area contributed by atoms with Gasteiger partial charge in [-0.15, -0.1) is 0 Å². The molecule has 0 fully saturated rings. The predicted octanol–water partition coefficient (Wildman–Crippen LogP) is 9.36. The van der Waals surface area contributed by atoms with E-state index in [1.54, 1.807) is 0 Å². The Hall–Kier alpha value is -5.77. The molecule has 48 heavy (non-hydrogen) atoms. The van der Waals surface area contributed by atoms with E-state index in [0.29, 0.717) is 0 Å². The van der Waals surface area contributed by atoms with Crippen LogP contribution in [-0.4, -0.2) is 14.1 Å². The molecule has 0 spiro atoms. The third kappa shape index (κ3) is 4.21. The van der Waals surface area contributed by atoms with Crippen LogP contribution in [0.15, 0.2) is 150 Å². The third-order valence-corrected chi connectivity index (χ3v) is 8.97. The Bertz CT molecular complexity index is 2810. The molecule has 0 aliphatic heterocycles. The number of pyridine rings is 1. The Labute approximate surface area is 290 Å². The van der Waals surface area contributed by atoms with Crippen LogP contribution in [0.5, 0.6) is 0 Å². The first-order valence-electron chi connectivity index (χ1n) is 15.6. The number of furan rings is 1. The number of benzene rings is 6. The zero-order valence-corrected chi connectivity index (χ0v) is 27.6. The standard InChI is InChI=1S/C42H24N4O.Pt/c1-2-13-28(14-3-1)44-27-45(37-22-10-9-21-36(37)44)34-19-7-4-16-31(34)33-18-12-24-40(43-33)46-35-20-8-5-17-32(35)41-38(46)26-25-30-29-15-6-11-23-39(29)47-42(30)41;/h1-13,15-19,21-26H;/q-2;. The summed E-state index contributed by atoms with van der Waals surface area (Å²) in [5, 5.41) is 4.36. The van der Waals surface area contributed by atoms with Gasteiger partial charge >= 0.3 is 0 Å². The van der Waals surface area contributed by atoms with E-state index in [0.717, 1.165) is 83.2 Å². The summed E-state index contributed by atoms with van der Waals surface area (Å²) in [7, 11) is 0. The van der Waals surface area contributed by atoms with Crippen LogP contribution in [0, 0.1) is 18.5 Å². The fourth-order valence-corrected chi connectivity index (χ4v) is 6.92. The molecule has 0 saturated heterocycles. The molecule has 0 aliphatic carbocycles. The third-order valence-electron chi connectivity index (χ3n) is 8.97. The van der Waals surface area contributed by atoms with Crippen molar-refractivity contribution in [3.05, 3.63) is 164 Å². The van der Waals surface area contributed by atoms with E-state index >= 15 is 0 Å². The summed E-state index contributed by atoms with van der Waals surface area (Å²) in [6, 6.07) is 56.4. The fraction of sp³-hybridized carbons (Fsp3) is 0. The van der Waals surface area contributed by atoms with Gasteiger partial charge in [0.1, 0.15) is 17.0 Å². The van der Waals surface area contributed by atoms with Crippen LogP contribution in [0.4, 0.5) is 0 Å². The minimum atomic E-state index is 0. The van der Waals surface area contributed by atoms with Gasteiger partial charge in [0.25, 0.3) is 6.33 Å². The SMILES string of the molecule is [Pt].[c-]1ccccc1-n1[c-][n+](-c2ccccc2-c2cccc(-n3c4[c-]cccc4c4c5oc6ccccc6c5ccc43)n2)c2ccccc21. The van der Waals surface area contributed by atoms with Gasteiger partial charge < -0.3 is 13.6 Å². The molecule has 0 radical (unpaired) electrons. The molecule has 0 aliphatic rings. The van der Waals surface area contributed by atoms with Gasteiger partial charge in [0.2, 0.25) is 0 Å². The van der Waals surface area contributed by atoms with E-state index in [1.165, 1.54) is 0 Å². The number of imidazole rings is 1. The minimum absolute atomic E-state index is 0. The Morgan fingerprint density at radius 2 is 1.44 bits per heavy atom. The van der Waals surface area contributed by atoms with Crippen molar-refractivity contribution in [3.8, 4) is 28.5 Å². The minimum Gasteiger partial charge on any atom is -0.456 e. The van der Waals surface area contributed by atoms with Crippen molar-refractivity contribution in [2.24, 2.45) is 0 Å². The summed E-state index contributed by atoms with van der Waals surface area (Å²) in [4.78, 5) is 5.31. The average Bonchev–Trinajstić information content (AvgIpc) is 3.82. The van der Waals surface area contributed by atoms with Gasteiger partial charge in [0.05, 0.1) is 22.4 Å². The van der Waals surface area contributed by atoms with Gasteiger partial charge in [-0.25, -0.2) is 4.98 Å². The van der Waals surface area contributed by atoms with E-state index in [-0.39, 0.29) is 21.1 Å². The zero-order valence-electron chi connectivity index (χ0n) is 25.4. The van der Waals surface area contributed by atoms with Crippen molar-refractivity contribution < 1.29 is 30.0 Å². The topological polar surface area (TPSA) is 39.8 Å². The van der Waals surface area contributed by atoms with E-state index < -0.39 is 0 Å². The largest absolute Gasteiger partial charge is 0.456 e. The summed E-state index contributed by atoms with van der Waals surface area (Å²) in [6.07, 6.45) is 3.60. The molecule has 4 aromatic heterocycles. The van der Waals surface area contributed by atoms with Crippen molar-refractivity contribution in [2.45, 2.75) is 0 Å². The van der Waals surface area contributed by atoms with Crippen LogP contribution in [0.2, 0.25) is 0 Å². The second-order valence-corrected chi connectivity index (χ2v) is 11.6. The van der Waals surface area contributed by atoms with Crippen molar-refractivity contribution in [2.75, 3.05) is 0 Å². The molecular formula is C42H24N4OPt-2. The summed E-state index contributed by atoms with van der Waals surface area (Å²) in [6.45, 7) is 0. The summed E-state index contributed by atoms with van der Waals surface area (Å²) < 4.78 is 12.9. The van der Waals surface area contributed by atoms with Gasteiger partial charge in [-0.2, -0.15) is 54.6 Å². The maximum absolute atomic E-state index is 6.49. The molecule has 10 aromatic rings. The number of hydrogen-bond acceptors (Lipinski definition) is 2. The molecule has 0 amide bonds. The first-order valence-corrected chi connectivity index (χ1v) is 15.6. The predicted molar refractivity (Wildman–Crippen MR) is 186 cm³/mol. The zero-order chi connectivity index (χ0) is 30.9. The monoisotopic (exact) mass is 795 g/mol. The molecule has 230 valence electrons. The normalized spacial score (nSPS) is 11.6. The molecule has 6 aromatic carbocycles. The van der Waals surface area contributed by atoms with Crippen LogP contribution < -0.4 is 4.57 Å².